The molecule has 0 saturated carbocycles. The summed E-state index contributed by atoms with van der Waals surface area (Å²) in [6, 6.07) is 0. The Balaban J connectivity index is 5.17. The van der Waals surface area contributed by atoms with Crippen molar-refractivity contribution >= 4 is 39.5 Å². The summed E-state index contributed by atoms with van der Waals surface area (Å²) in [5.74, 6) is -0.756. The number of phosphoric ester groups is 2. The maximum atomic E-state index is 12.9. The lowest BCUT2D eigenvalue weighted by Gasteiger charge is -2.21. The first-order valence-electron chi connectivity index (χ1n) is 32.0. The van der Waals surface area contributed by atoms with Gasteiger partial charge in [0, 0.05) is 25.7 Å². The van der Waals surface area contributed by atoms with E-state index in [2.05, 4.69) is 41.5 Å². The SMILES string of the molecule is CCCCCCCCCCCCCCCCCC(=O)O[C@H](COC(=O)CCCCCCCCCCC(C)C)COP(=O)(O)OC[C@@H](O)COP(=O)(O)OC[C@@H](COC(=O)CCCCCCC)OC(=O)CCCCCCCCC(C)C. The number of rotatable bonds is 60. The molecule has 0 fully saturated rings. The molecular weight excluding hydrogens is 1070 g/mol. The number of aliphatic hydroxyl groups excluding tert-OH is 1. The Morgan fingerprint density at radius 1 is 0.338 bits per heavy atom. The second kappa shape index (κ2) is 53.8. The number of hydrogen-bond acceptors (Lipinski definition) is 15. The molecule has 0 amide bonds. The van der Waals surface area contributed by atoms with Gasteiger partial charge >= 0.3 is 39.5 Å². The predicted molar refractivity (Wildman–Crippen MR) is 317 cm³/mol. The van der Waals surface area contributed by atoms with Gasteiger partial charge in [-0.15, -0.1) is 0 Å². The van der Waals surface area contributed by atoms with Crippen molar-refractivity contribution < 1.29 is 80.2 Å². The van der Waals surface area contributed by atoms with Gasteiger partial charge in [-0.3, -0.25) is 37.3 Å². The van der Waals surface area contributed by atoms with Gasteiger partial charge in [0.15, 0.2) is 12.2 Å². The van der Waals surface area contributed by atoms with Crippen LogP contribution in [0.4, 0.5) is 0 Å². The third-order valence-corrected chi connectivity index (χ3v) is 15.9. The molecule has 0 aromatic heterocycles. The molecule has 0 radical (unpaired) electrons. The number of aliphatic hydroxyl groups is 1. The third kappa shape index (κ3) is 55.3. The quantitative estimate of drug-likeness (QED) is 0.0222. The highest BCUT2D eigenvalue weighted by atomic mass is 31.2. The van der Waals surface area contributed by atoms with Crippen molar-refractivity contribution in [2.75, 3.05) is 39.6 Å². The van der Waals surface area contributed by atoms with Gasteiger partial charge in [-0.1, -0.05) is 247 Å². The average Bonchev–Trinajstić information content (AvgIpc) is 3.41. The molecule has 0 aliphatic rings. The van der Waals surface area contributed by atoms with Crippen LogP contribution < -0.4 is 0 Å². The summed E-state index contributed by atoms with van der Waals surface area (Å²) < 4.78 is 67.6. The first kappa shape index (κ1) is 78.1. The van der Waals surface area contributed by atoms with Gasteiger partial charge in [-0.25, -0.2) is 9.13 Å². The maximum Gasteiger partial charge on any atom is 0.472 e. The van der Waals surface area contributed by atoms with Gasteiger partial charge in [0.05, 0.1) is 26.4 Å². The number of carbonyl (C=O) groups excluding carboxylic acids is 4. The molecule has 0 bridgehead atoms. The zero-order valence-electron chi connectivity index (χ0n) is 51.4. The standard InChI is InChI=1S/C61H118O17P2/c1-7-9-11-13-14-15-16-17-18-19-20-21-26-33-39-45-60(65)77-57(50-72-59(64)44-38-32-25-23-22-24-30-35-41-53(3)4)52-76-80(69,70)74-48-55(62)47-73-79(67,68)75-51-56(49-71-58(63)43-37-29-12-10-8-2)78-61(66)46-40-34-28-27-31-36-42-54(5)6/h53-57,62H,7-52H2,1-6H3,(H,67,68)(H,69,70)/t55-,56+,57+/m0/s1. The molecule has 2 unspecified atom stereocenters. The molecule has 0 heterocycles. The molecule has 0 saturated heterocycles. The highest BCUT2D eigenvalue weighted by Gasteiger charge is 2.30. The van der Waals surface area contributed by atoms with Gasteiger partial charge in [0.2, 0.25) is 0 Å². The average molecular weight is 1190 g/mol. The summed E-state index contributed by atoms with van der Waals surface area (Å²) >= 11 is 0. The van der Waals surface area contributed by atoms with E-state index in [1.807, 2.05) is 0 Å². The Kier molecular flexibility index (Phi) is 52.5. The molecule has 0 aliphatic carbocycles. The topological polar surface area (TPSA) is 237 Å². The fourth-order valence-corrected chi connectivity index (χ4v) is 10.6. The number of carbonyl (C=O) groups is 4. The van der Waals surface area contributed by atoms with Gasteiger partial charge in [-0.05, 0) is 37.5 Å². The lowest BCUT2D eigenvalue weighted by atomic mass is 10.0. The van der Waals surface area contributed by atoms with Crippen LogP contribution in [0.5, 0.6) is 0 Å². The Morgan fingerprint density at radius 2 is 0.575 bits per heavy atom. The van der Waals surface area contributed by atoms with Crippen molar-refractivity contribution in [3.63, 3.8) is 0 Å². The Hall–Kier alpha value is -1.94. The summed E-state index contributed by atoms with van der Waals surface area (Å²) in [6.07, 6.45) is 35.4. The van der Waals surface area contributed by atoms with E-state index in [1.165, 1.54) is 109 Å². The minimum absolute atomic E-state index is 0.101. The Labute approximate surface area is 486 Å². The zero-order chi connectivity index (χ0) is 59.4. The first-order valence-corrected chi connectivity index (χ1v) is 35.0. The smallest absolute Gasteiger partial charge is 0.462 e. The fraction of sp³-hybridized carbons (Fsp3) is 0.934. The van der Waals surface area contributed by atoms with Gasteiger partial charge in [-0.2, -0.15) is 0 Å². The molecule has 3 N–H and O–H groups in total. The Morgan fingerprint density at radius 3 is 0.850 bits per heavy atom. The first-order chi connectivity index (χ1) is 38.4. The van der Waals surface area contributed by atoms with Crippen molar-refractivity contribution in [3.8, 4) is 0 Å². The van der Waals surface area contributed by atoms with E-state index in [1.54, 1.807) is 0 Å². The zero-order valence-corrected chi connectivity index (χ0v) is 53.2. The summed E-state index contributed by atoms with van der Waals surface area (Å²) in [4.78, 5) is 71.8. The van der Waals surface area contributed by atoms with Crippen LogP contribution in [0.1, 0.15) is 298 Å². The highest BCUT2D eigenvalue weighted by Crippen LogP contribution is 2.45. The number of unbranched alkanes of at least 4 members (excludes halogenated alkanes) is 30. The molecule has 0 aromatic carbocycles. The van der Waals surface area contributed by atoms with E-state index >= 15 is 0 Å². The summed E-state index contributed by atoms with van der Waals surface area (Å²) in [6.45, 7) is 9.26. The van der Waals surface area contributed by atoms with Gasteiger partial charge in [0.25, 0.3) is 0 Å². The van der Waals surface area contributed by atoms with Gasteiger partial charge in [0.1, 0.15) is 19.3 Å². The van der Waals surface area contributed by atoms with E-state index in [4.69, 9.17) is 37.0 Å². The van der Waals surface area contributed by atoms with Crippen LogP contribution in [0.2, 0.25) is 0 Å². The van der Waals surface area contributed by atoms with E-state index in [9.17, 15) is 43.2 Å². The molecular formula is C61H118O17P2. The van der Waals surface area contributed by atoms with Crippen LogP contribution in [-0.2, 0) is 65.4 Å². The lowest BCUT2D eigenvalue weighted by Crippen LogP contribution is -2.30. The predicted octanol–water partition coefficient (Wildman–Crippen LogP) is 16.5. The van der Waals surface area contributed by atoms with Gasteiger partial charge < -0.3 is 33.8 Å². The summed E-state index contributed by atoms with van der Waals surface area (Å²) in [5, 5.41) is 10.5. The molecule has 80 heavy (non-hydrogen) atoms. The van der Waals surface area contributed by atoms with Crippen molar-refractivity contribution in [1.29, 1.82) is 0 Å². The minimum Gasteiger partial charge on any atom is -0.462 e. The molecule has 5 atom stereocenters. The molecule has 474 valence electrons. The van der Waals surface area contributed by atoms with Crippen LogP contribution >= 0.6 is 15.6 Å². The van der Waals surface area contributed by atoms with Crippen molar-refractivity contribution in [1.82, 2.24) is 0 Å². The van der Waals surface area contributed by atoms with Crippen molar-refractivity contribution in [3.05, 3.63) is 0 Å². The summed E-state index contributed by atoms with van der Waals surface area (Å²) in [5.41, 5.74) is 0. The van der Waals surface area contributed by atoms with Crippen LogP contribution in [0, 0.1) is 11.8 Å². The van der Waals surface area contributed by atoms with E-state index in [-0.39, 0.29) is 25.7 Å². The lowest BCUT2D eigenvalue weighted by molar-refractivity contribution is -0.161. The minimum atomic E-state index is -4.94. The Bertz CT molecular complexity index is 1580. The molecule has 0 spiro atoms. The molecule has 0 rings (SSSR count). The van der Waals surface area contributed by atoms with Crippen LogP contribution in [0.3, 0.4) is 0 Å². The van der Waals surface area contributed by atoms with Crippen LogP contribution in [0.25, 0.3) is 0 Å². The number of esters is 4. The van der Waals surface area contributed by atoms with Crippen LogP contribution in [0.15, 0.2) is 0 Å². The second-order valence-corrected chi connectivity index (χ2v) is 25.9. The largest absolute Gasteiger partial charge is 0.472 e. The van der Waals surface area contributed by atoms with Crippen molar-refractivity contribution in [2.45, 2.75) is 317 Å². The number of hydrogen-bond donors (Lipinski definition) is 3. The van der Waals surface area contributed by atoms with E-state index in [0.29, 0.717) is 31.6 Å². The third-order valence-electron chi connectivity index (χ3n) is 14.0. The van der Waals surface area contributed by atoms with E-state index < -0.39 is 97.5 Å². The highest BCUT2D eigenvalue weighted by molar-refractivity contribution is 7.47. The normalized spacial score (nSPS) is 14.4. The van der Waals surface area contributed by atoms with E-state index in [0.717, 1.165) is 102 Å². The fourth-order valence-electron chi connectivity index (χ4n) is 9.00. The number of ether oxygens (including phenoxy) is 4. The van der Waals surface area contributed by atoms with Crippen LogP contribution in [-0.4, -0.2) is 96.7 Å². The van der Waals surface area contributed by atoms with Crippen molar-refractivity contribution in [2.24, 2.45) is 11.8 Å². The maximum absolute atomic E-state index is 12.9. The monoisotopic (exact) mass is 1180 g/mol. The molecule has 0 aliphatic heterocycles. The second-order valence-electron chi connectivity index (χ2n) is 23.0. The summed E-state index contributed by atoms with van der Waals surface area (Å²) in [7, 11) is -9.87. The molecule has 0 aromatic rings. The number of phosphoric acid groups is 2. The molecule has 17 nitrogen and oxygen atoms in total. The molecule has 19 heteroatoms.